The molecule has 0 saturated carbocycles. The van der Waals surface area contributed by atoms with Crippen LogP contribution in [0.1, 0.15) is 60.3 Å². The summed E-state index contributed by atoms with van der Waals surface area (Å²) in [6, 6.07) is 0.212. The highest BCUT2D eigenvalue weighted by molar-refractivity contribution is 5.98. The van der Waals surface area contributed by atoms with Crippen LogP contribution in [0.25, 0.3) is 0 Å². The maximum Gasteiger partial charge on any atom is 0.319 e. The average molecular weight is 283 g/mol. The molecule has 0 radical (unpaired) electrons. The fourth-order valence-electron chi connectivity index (χ4n) is 2.82. The Bertz CT molecular complexity index is 346. The molecule has 1 rings (SSSR count). The molecule has 0 bridgehead atoms. The second kappa shape index (κ2) is 7.09. The van der Waals surface area contributed by atoms with E-state index in [9.17, 15) is 9.59 Å². The minimum absolute atomic E-state index is 0.0645. The van der Waals surface area contributed by atoms with Crippen molar-refractivity contribution in [2.24, 2.45) is 11.3 Å². The lowest BCUT2D eigenvalue weighted by Gasteiger charge is -2.35. The molecule has 0 aromatic heterocycles. The van der Waals surface area contributed by atoms with E-state index in [0.717, 1.165) is 32.2 Å². The smallest absolute Gasteiger partial charge is 0.319 e. The molecule has 0 N–H and O–H groups in total. The van der Waals surface area contributed by atoms with Crippen molar-refractivity contribution in [3.8, 4) is 0 Å². The average Bonchev–Trinajstić information content (AvgIpc) is 2.52. The van der Waals surface area contributed by atoms with Crippen molar-refractivity contribution in [2.45, 2.75) is 66.3 Å². The van der Waals surface area contributed by atoms with E-state index in [1.807, 2.05) is 25.7 Å². The number of carbonyl (C=O) groups excluding carboxylic acids is 2. The van der Waals surface area contributed by atoms with Crippen LogP contribution in [0.15, 0.2) is 0 Å². The molecule has 116 valence electrons. The molecule has 2 atom stereocenters. The SMILES string of the molecule is CCOC(=O)C(C(=O)N1CCCCCC1C)C(C)(C)C. The van der Waals surface area contributed by atoms with Crippen LogP contribution >= 0.6 is 0 Å². The van der Waals surface area contributed by atoms with Crippen LogP contribution < -0.4 is 0 Å². The fraction of sp³-hybridized carbons (Fsp3) is 0.875. The fourth-order valence-corrected chi connectivity index (χ4v) is 2.82. The molecule has 0 aromatic rings. The number of carbonyl (C=O) groups is 2. The Labute approximate surface area is 122 Å². The summed E-state index contributed by atoms with van der Waals surface area (Å²) < 4.78 is 5.12. The molecule has 1 heterocycles. The Morgan fingerprint density at radius 2 is 1.90 bits per heavy atom. The van der Waals surface area contributed by atoms with Gasteiger partial charge in [-0.2, -0.15) is 0 Å². The lowest BCUT2D eigenvalue weighted by Crippen LogP contribution is -2.48. The highest BCUT2D eigenvalue weighted by Gasteiger charge is 2.42. The molecule has 4 heteroatoms. The van der Waals surface area contributed by atoms with Gasteiger partial charge in [-0.1, -0.05) is 33.6 Å². The van der Waals surface area contributed by atoms with Crippen molar-refractivity contribution in [3.63, 3.8) is 0 Å². The van der Waals surface area contributed by atoms with Gasteiger partial charge in [-0.3, -0.25) is 9.59 Å². The second-order valence-corrected chi connectivity index (χ2v) is 6.78. The molecule has 1 amide bonds. The molecule has 1 aliphatic heterocycles. The summed E-state index contributed by atoms with van der Waals surface area (Å²) in [7, 11) is 0. The number of likely N-dealkylation sites (tertiary alicyclic amines) is 1. The van der Waals surface area contributed by atoms with Crippen LogP contribution in [0.4, 0.5) is 0 Å². The van der Waals surface area contributed by atoms with Gasteiger partial charge in [0, 0.05) is 12.6 Å². The number of hydrogen-bond acceptors (Lipinski definition) is 3. The normalized spacial score (nSPS) is 22.1. The van der Waals surface area contributed by atoms with Crippen LogP contribution in [0, 0.1) is 11.3 Å². The molecule has 1 saturated heterocycles. The van der Waals surface area contributed by atoms with Crippen molar-refractivity contribution < 1.29 is 14.3 Å². The quantitative estimate of drug-likeness (QED) is 0.591. The summed E-state index contributed by atoms with van der Waals surface area (Å²) in [6.45, 7) is 10.7. The van der Waals surface area contributed by atoms with E-state index < -0.39 is 11.3 Å². The minimum atomic E-state index is -0.706. The molecule has 20 heavy (non-hydrogen) atoms. The number of nitrogens with zero attached hydrogens (tertiary/aromatic N) is 1. The second-order valence-electron chi connectivity index (χ2n) is 6.78. The molecule has 0 spiro atoms. The van der Waals surface area contributed by atoms with E-state index in [4.69, 9.17) is 4.74 Å². The van der Waals surface area contributed by atoms with Gasteiger partial charge in [-0.25, -0.2) is 0 Å². The van der Waals surface area contributed by atoms with Gasteiger partial charge in [0.2, 0.25) is 5.91 Å². The molecule has 1 fully saturated rings. The van der Waals surface area contributed by atoms with E-state index in [-0.39, 0.29) is 17.9 Å². The molecule has 2 unspecified atom stereocenters. The third-order valence-corrected chi connectivity index (χ3v) is 3.97. The van der Waals surface area contributed by atoms with Gasteiger partial charge in [-0.15, -0.1) is 0 Å². The molecular weight excluding hydrogens is 254 g/mol. The van der Waals surface area contributed by atoms with Crippen molar-refractivity contribution in [1.29, 1.82) is 0 Å². The number of amides is 1. The van der Waals surface area contributed by atoms with Crippen LogP contribution in [-0.4, -0.2) is 36.0 Å². The Balaban J connectivity index is 2.94. The standard InChI is InChI=1S/C16H29NO3/c1-6-20-15(19)13(16(3,4)5)14(18)17-11-9-7-8-10-12(17)2/h12-13H,6-11H2,1-5H3. The predicted molar refractivity (Wildman–Crippen MR) is 79.2 cm³/mol. The molecule has 0 aromatic carbocycles. The lowest BCUT2D eigenvalue weighted by atomic mass is 9.79. The van der Waals surface area contributed by atoms with Crippen molar-refractivity contribution >= 4 is 11.9 Å². The monoisotopic (exact) mass is 283 g/mol. The minimum Gasteiger partial charge on any atom is -0.465 e. The third-order valence-electron chi connectivity index (χ3n) is 3.97. The Morgan fingerprint density at radius 3 is 2.45 bits per heavy atom. The highest BCUT2D eigenvalue weighted by atomic mass is 16.5. The van der Waals surface area contributed by atoms with Gasteiger partial charge in [0.25, 0.3) is 0 Å². The Morgan fingerprint density at radius 1 is 1.25 bits per heavy atom. The van der Waals surface area contributed by atoms with E-state index in [2.05, 4.69) is 6.92 Å². The first kappa shape index (κ1) is 17.0. The van der Waals surface area contributed by atoms with E-state index in [1.54, 1.807) is 6.92 Å². The lowest BCUT2D eigenvalue weighted by molar-refractivity contribution is -0.161. The van der Waals surface area contributed by atoms with Gasteiger partial charge in [0.05, 0.1) is 6.61 Å². The molecule has 4 nitrogen and oxygen atoms in total. The Kier molecular flexibility index (Phi) is 6.03. The molecule has 0 aliphatic carbocycles. The van der Waals surface area contributed by atoms with Crippen molar-refractivity contribution in [3.05, 3.63) is 0 Å². The van der Waals surface area contributed by atoms with E-state index in [0.29, 0.717) is 6.61 Å². The van der Waals surface area contributed by atoms with Crippen molar-refractivity contribution in [1.82, 2.24) is 4.90 Å². The Hall–Kier alpha value is -1.06. The van der Waals surface area contributed by atoms with Gasteiger partial charge >= 0.3 is 5.97 Å². The predicted octanol–water partition coefficient (Wildman–Crippen LogP) is 3.00. The maximum absolute atomic E-state index is 12.8. The van der Waals surface area contributed by atoms with Crippen LogP contribution in [0.5, 0.6) is 0 Å². The van der Waals surface area contributed by atoms with Gasteiger partial charge < -0.3 is 9.64 Å². The highest BCUT2D eigenvalue weighted by Crippen LogP contribution is 2.31. The number of esters is 1. The van der Waals surface area contributed by atoms with Gasteiger partial charge in [-0.05, 0) is 32.1 Å². The first-order valence-corrected chi connectivity index (χ1v) is 7.76. The number of rotatable bonds is 3. The first-order chi connectivity index (χ1) is 9.29. The number of hydrogen-bond donors (Lipinski definition) is 0. The van der Waals surface area contributed by atoms with Crippen LogP contribution in [0.2, 0.25) is 0 Å². The van der Waals surface area contributed by atoms with Crippen molar-refractivity contribution in [2.75, 3.05) is 13.2 Å². The van der Waals surface area contributed by atoms with Gasteiger partial charge in [0.15, 0.2) is 0 Å². The zero-order chi connectivity index (χ0) is 15.3. The zero-order valence-electron chi connectivity index (χ0n) is 13.6. The molecule has 1 aliphatic rings. The van der Waals surface area contributed by atoms with E-state index in [1.165, 1.54) is 0 Å². The van der Waals surface area contributed by atoms with Crippen LogP contribution in [0.3, 0.4) is 0 Å². The summed E-state index contributed by atoms with van der Waals surface area (Å²) in [5, 5.41) is 0. The third kappa shape index (κ3) is 4.22. The summed E-state index contributed by atoms with van der Waals surface area (Å²) in [5.74, 6) is -1.16. The summed E-state index contributed by atoms with van der Waals surface area (Å²) in [5.41, 5.74) is -0.421. The summed E-state index contributed by atoms with van der Waals surface area (Å²) >= 11 is 0. The first-order valence-electron chi connectivity index (χ1n) is 7.76. The van der Waals surface area contributed by atoms with Crippen LogP contribution in [-0.2, 0) is 14.3 Å². The maximum atomic E-state index is 12.8. The largest absolute Gasteiger partial charge is 0.465 e. The van der Waals surface area contributed by atoms with E-state index >= 15 is 0 Å². The van der Waals surface area contributed by atoms with Gasteiger partial charge in [0.1, 0.15) is 5.92 Å². The number of ether oxygens (including phenoxy) is 1. The molecular formula is C16H29NO3. The summed E-state index contributed by atoms with van der Waals surface area (Å²) in [6.07, 6.45) is 4.36. The topological polar surface area (TPSA) is 46.6 Å². The zero-order valence-corrected chi connectivity index (χ0v) is 13.6. The summed E-state index contributed by atoms with van der Waals surface area (Å²) in [4.78, 5) is 26.9.